The molecule has 0 bridgehead atoms. The predicted molar refractivity (Wildman–Crippen MR) is 53.1 cm³/mol. The minimum Gasteiger partial charge on any atom is -0.299 e. The number of hydrogen-bond donors (Lipinski definition) is 0. The molecule has 1 unspecified atom stereocenters. The van der Waals surface area contributed by atoms with Crippen molar-refractivity contribution in [2.24, 2.45) is 5.92 Å². The number of carbonyl (C=O) groups is 1. The Bertz CT molecular complexity index is 147. The van der Waals surface area contributed by atoms with E-state index in [2.05, 4.69) is 13.8 Å². The van der Waals surface area contributed by atoms with E-state index in [9.17, 15) is 4.79 Å². The lowest BCUT2D eigenvalue weighted by atomic mass is 10.00. The van der Waals surface area contributed by atoms with Gasteiger partial charge in [-0.25, -0.2) is 0 Å². The van der Waals surface area contributed by atoms with E-state index < -0.39 is 0 Å². The summed E-state index contributed by atoms with van der Waals surface area (Å²) < 4.78 is 0. The first kappa shape index (κ1) is 11.4. The second-order valence-corrected chi connectivity index (χ2v) is 3.55. The van der Waals surface area contributed by atoms with Crippen LogP contribution < -0.4 is 0 Å². The number of hydrogen-bond acceptors (Lipinski definition) is 1. The molecule has 0 aromatic rings. The molecular formula is C11H20O. The van der Waals surface area contributed by atoms with Gasteiger partial charge in [0.05, 0.1) is 0 Å². The molecular weight excluding hydrogens is 148 g/mol. The van der Waals surface area contributed by atoms with Crippen molar-refractivity contribution in [1.82, 2.24) is 0 Å². The van der Waals surface area contributed by atoms with Crippen molar-refractivity contribution in [1.29, 1.82) is 0 Å². The van der Waals surface area contributed by atoms with E-state index in [1.165, 1.54) is 24.8 Å². The maximum atomic E-state index is 10.1. The van der Waals surface area contributed by atoms with Gasteiger partial charge in [0, 0.05) is 0 Å². The second-order valence-electron chi connectivity index (χ2n) is 3.55. The fourth-order valence-electron chi connectivity index (χ4n) is 1.13. The van der Waals surface area contributed by atoms with Gasteiger partial charge in [0.2, 0.25) is 0 Å². The molecule has 0 fully saturated rings. The SMILES string of the molecule is CCC(C)CCC/C(C)=C/C=O. The lowest BCUT2D eigenvalue weighted by Crippen LogP contribution is -1.91. The van der Waals surface area contributed by atoms with Gasteiger partial charge in [-0.2, -0.15) is 0 Å². The molecule has 70 valence electrons. The minimum atomic E-state index is 0.828. The lowest BCUT2D eigenvalue weighted by Gasteiger charge is -2.06. The summed E-state index contributed by atoms with van der Waals surface area (Å²) in [7, 11) is 0. The molecule has 0 heterocycles. The summed E-state index contributed by atoms with van der Waals surface area (Å²) in [6.45, 7) is 6.52. The molecule has 0 amide bonds. The van der Waals surface area contributed by atoms with Gasteiger partial charge in [0.15, 0.2) is 0 Å². The first-order valence-electron chi connectivity index (χ1n) is 4.81. The molecule has 0 aliphatic rings. The highest BCUT2D eigenvalue weighted by molar-refractivity contribution is 5.65. The Hall–Kier alpha value is -0.590. The summed E-state index contributed by atoms with van der Waals surface area (Å²) in [5.41, 5.74) is 1.20. The van der Waals surface area contributed by atoms with Crippen LogP contribution in [0.3, 0.4) is 0 Å². The van der Waals surface area contributed by atoms with Crippen molar-refractivity contribution in [2.45, 2.75) is 46.5 Å². The van der Waals surface area contributed by atoms with Crippen molar-refractivity contribution >= 4 is 6.29 Å². The average molecular weight is 168 g/mol. The van der Waals surface area contributed by atoms with Gasteiger partial charge in [-0.3, -0.25) is 4.79 Å². The van der Waals surface area contributed by atoms with E-state index >= 15 is 0 Å². The summed E-state index contributed by atoms with van der Waals surface area (Å²) in [5, 5.41) is 0. The molecule has 1 heteroatoms. The van der Waals surface area contributed by atoms with Crippen molar-refractivity contribution in [3.8, 4) is 0 Å². The molecule has 1 nitrogen and oxygen atoms in total. The average Bonchev–Trinajstić information content (AvgIpc) is 2.04. The monoisotopic (exact) mass is 168 g/mol. The van der Waals surface area contributed by atoms with Crippen molar-refractivity contribution < 1.29 is 4.79 Å². The Labute approximate surface area is 75.9 Å². The van der Waals surface area contributed by atoms with E-state index in [1.807, 2.05) is 6.92 Å². The Kier molecular flexibility index (Phi) is 6.73. The standard InChI is InChI=1S/C11H20O/c1-4-10(2)6-5-7-11(3)8-9-12/h8-10H,4-7H2,1-3H3/b11-8+. The Morgan fingerprint density at radius 3 is 2.67 bits per heavy atom. The third-order valence-electron chi connectivity index (χ3n) is 2.32. The van der Waals surface area contributed by atoms with Gasteiger partial charge < -0.3 is 0 Å². The van der Waals surface area contributed by atoms with Gasteiger partial charge in [-0.1, -0.05) is 32.3 Å². The summed E-state index contributed by atoms with van der Waals surface area (Å²) in [6, 6.07) is 0. The van der Waals surface area contributed by atoms with Gasteiger partial charge in [0.1, 0.15) is 6.29 Å². The van der Waals surface area contributed by atoms with Crippen LogP contribution in [-0.4, -0.2) is 6.29 Å². The first-order chi connectivity index (χ1) is 5.70. The molecule has 0 radical (unpaired) electrons. The zero-order valence-corrected chi connectivity index (χ0v) is 8.47. The molecule has 0 saturated carbocycles. The molecule has 1 atom stereocenters. The highest BCUT2D eigenvalue weighted by Crippen LogP contribution is 2.13. The number of carbonyl (C=O) groups excluding carboxylic acids is 1. The van der Waals surface area contributed by atoms with Crippen LogP contribution in [-0.2, 0) is 4.79 Å². The molecule has 0 spiro atoms. The minimum absolute atomic E-state index is 0.828. The van der Waals surface area contributed by atoms with Gasteiger partial charge in [-0.15, -0.1) is 0 Å². The highest BCUT2D eigenvalue weighted by Gasteiger charge is 1.98. The van der Waals surface area contributed by atoms with Crippen LogP contribution in [0.15, 0.2) is 11.6 Å². The highest BCUT2D eigenvalue weighted by atomic mass is 16.1. The largest absolute Gasteiger partial charge is 0.299 e. The smallest absolute Gasteiger partial charge is 0.142 e. The van der Waals surface area contributed by atoms with Gasteiger partial charge in [-0.05, 0) is 31.8 Å². The summed E-state index contributed by atoms with van der Waals surface area (Å²) >= 11 is 0. The first-order valence-corrected chi connectivity index (χ1v) is 4.81. The van der Waals surface area contributed by atoms with Crippen LogP contribution in [0.1, 0.15) is 46.5 Å². The van der Waals surface area contributed by atoms with E-state index in [-0.39, 0.29) is 0 Å². The van der Waals surface area contributed by atoms with Crippen LogP contribution in [0.5, 0.6) is 0 Å². The lowest BCUT2D eigenvalue weighted by molar-refractivity contribution is -0.104. The molecule has 0 rings (SSSR count). The van der Waals surface area contributed by atoms with Crippen LogP contribution in [0.25, 0.3) is 0 Å². The Balaban J connectivity index is 3.42. The third-order valence-corrected chi connectivity index (χ3v) is 2.32. The zero-order valence-electron chi connectivity index (χ0n) is 8.47. The van der Waals surface area contributed by atoms with E-state index in [4.69, 9.17) is 0 Å². The van der Waals surface area contributed by atoms with Crippen LogP contribution in [0, 0.1) is 5.92 Å². The molecule has 0 aliphatic heterocycles. The fourth-order valence-corrected chi connectivity index (χ4v) is 1.13. The van der Waals surface area contributed by atoms with Crippen molar-refractivity contribution in [2.75, 3.05) is 0 Å². The summed E-state index contributed by atoms with van der Waals surface area (Å²) in [5.74, 6) is 0.828. The van der Waals surface area contributed by atoms with Gasteiger partial charge in [0.25, 0.3) is 0 Å². The maximum Gasteiger partial charge on any atom is 0.142 e. The van der Waals surface area contributed by atoms with Crippen LogP contribution in [0.4, 0.5) is 0 Å². The summed E-state index contributed by atoms with van der Waals surface area (Å²) in [6.07, 6.45) is 7.36. The fraction of sp³-hybridized carbons (Fsp3) is 0.727. The number of rotatable bonds is 6. The molecule has 0 N–H and O–H groups in total. The third kappa shape index (κ3) is 6.14. The molecule has 0 aliphatic carbocycles. The summed E-state index contributed by atoms with van der Waals surface area (Å²) in [4.78, 5) is 10.1. The Morgan fingerprint density at radius 1 is 1.50 bits per heavy atom. The molecule has 0 aromatic carbocycles. The second kappa shape index (κ2) is 7.08. The molecule has 0 saturated heterocycles. The molecule has 0 aromatic heterocycles. The van der Waals surface area contributed by atoms with Gasteiger partial charge >= 0.3 is 0 Å². The zero-order chi connectivity index (χ0) is 9.40. The van der Waals surface area contributed by atoms with E-state index in [0.29, 0.717) is 0 Å². The quantitative estimate of drug-likeness (QED) is 0.439. The van der Waals surface area contributed by atoms with Crippen LogP contribution in [0.2, 0.25) is 0 Å². The normalized spacial score (nSPS) is 14.4. The predicted octanol–water partition coefficient (Wildman–Crippen LogP) is 3.35. The van der Waals surface area contributed by atoms with Crippen molar-refractivity contribution in [3.63, 3.8) is 0 Å². The molecule has 12 heavy (non-hydrogen) atoms. The van der Waals surface area contributed by atoms with E-state index in [0.717, 1.165) is 18.6 Å². The topological polar surface area (TPSA) is 17.1 Å². The Morgan fingerprint density at radius 2 is 2.17 bits per heavy atom. The van der Waals surface area contributed by atoms with Crippen molar-refractivity contribution in [3.05, 3.63) is 11.6 Å². The number of allylic oxidation sites excluding steroid dienone is 2. The number of aldehydes is 1. The van der Waals surface area contributed by atoms with Crippen LogP contribution >= 0.6 is 0 Å². The maximum absolute atomic E-state index is 10.1. The van der Waals surface area contributed by atoms with E-state index in [1.54, 1.807) is 6.08 Å².